The maximum absolute atomic E-state index is 13.3. The van der Waals surface area contributed by atoms with Crippen LogP contribution in [0.4, 0.5) is 24.5 Å². The molecule has 0 atom stereocenters. The monoisotopic (exact) mass is 362 g/mol. The van der Waals surface area contributed by atoms with Crippen LogP contribution in [0.5, 0.6) is 0 Å². The molecule has 7 heteroatoms. The first kappa shape index (κ1) is 16.9. The van der Waals surface area contributed by atoms with Gasteiger partial charge in [0, 0.05) is 18.7 Å². The van der Waals surface area contributed by atoms with Gasteiger partial charge in [0.05, 0.1) is 30.0 Å². The van der Waals surface area contributed by atoms with E-state index in [1.165, 1.54) is 6.07 Å². The highest BCUT2D eigenvalue weighted by Gasteiger charge is 2.35. The lowest BCUT2D eigenvalue weighted by Crippen LogP contribution is -2.37. The van der Waals surface area contributed by atoms with Crippen LogP contribution in [0.25, 0.3) is 0 Å². The van der Waals surface area contributed by atoms with Gasteiger partial charge < -0.3 is 9.64 Å². The number of fused-ring (bicyclic) bond motifs is 1. The van der Waals surface area contributed by atoms with Gasteiger partial charge in [-0.25, -0.2) is 4.58 Å². The fourth-order valence-electron chi connectivity index (χ4n) is 3.51. The molecular formula is C19H19F3N3O+. The molecule has 0 unspecified atom stereocenters. The lowest BCUT2D eigenvalue weighted by Gasteiger charge is -2.30. The third kappa shape index (κ3) is 2.92. The summed E-state index contributed by atoms with van der Waals surface area (Å²) in [4.78, 5) is 2.05. The van der Waals surface area contributed by atoms with Crippen molar-refractivity contribution in [1.29, 1.82) is 0 Å². The summed E-state index contributed by atoms with van der Waals surface area (Å²) < 4.78 is 47.0. The summed E-state index contributed by atoms with van der Waals surface area (Å²) in [5.41, 5.74) is 8.74. The molecule has 4 nitrogen and oxygen atoms in total. The molecule has 2 N–H and O–H groups in total. The van der Waals surface area contributed by atoms with Crippen molar-refractivity contribution in [3.05, 3.63) is 59.2 Å². The fourth-order valence-corrected chi connectivity index (χ4v) is 3.51. The number of anilines is 1. The third-order valence-corrected chi connectivity index (χ3v) is 4.86. The normalized spacial score (nSPS) is 17.6. The summed E-state index contributed by atoms with van der Waals surface area (Å²) in [6.45, 7) is 2.85. The summed E-state index contributed by atoms with van der Waals surface area (Å²) in [5.74, 6) is 0.481. The smallest absolute Gasteiger partial charge is 0.378 e. The Kier molecular flexibility index (Phi) is 4.11. The minimum Gasteiger partial charge on any atom is -0.378 e. The van der Waals surface area contributed by atoms with E-state index in [1.54, 1.807) is 10.6 Å². The Morgan fingerprint density at radius 1 is 1.04 bits per heavy atom. The quantitative estimate of drug-likeness (QED) is 0.835. The van der Waals surface area contributed by atoms with Crippen LogP contribution in [0, 0.1) is 0 Å². The van der Waals surface area contributed by atoms with Crippen LogP contribution in [0.2, 0.25) is 0 Å². The minimum atomic E-state index is -4.40. The zero-order valence-electron chi connectivity index (χ0n) is 14.1. The number of nitrogens with two attached hydrogens (primary N) is 1. The third-order valence-electron chi connectivity index (χ3n) is 4.86. The first-order valence-electron chi connectivity index (χ1n) is 8.47. The first-order valence-corrected chi connectivity index (χ1v) is 8.47. The summed E-state index contributed by atoms with van der Waals surface area (Å²) in [5, 5.41) is 0. The van der Waals surface area contributed by atoms with Crippen molar-refractivity contribution in [2.75, 3.05) is 31.2 Å². The number of ether oxygens (including phenoxy) is 1. The van der Waals surface area contributed by atoms with Gasteiger partial charge in [0.25, 0.3) is 5.84 Å². The maximum Gasteiger partial charge on any atom is 0.416 e. The SMILES string of the molecule is NC1=[N+](c2cc(C(F)(F)F)ccc2N2CCOCC2)Cc2ccccc21. The molecule has 4 rings (SSSR count). The molecule has 0 spiro atoms. The van der Waals surface area contributed by atoms with E-state index in [2.05, 4.69) is 4.90 Å². The standard InChI is InChI=1S/C19H18F3N3O/c20-19(21,22)14-5-6-16(24-7-9-26-10-8-24)17(11-14)25-12-13-3-1-2-4-15(13)18(25)23/h1-6,11,23H,7-10,12H2/p+1. The second-order valence-corrected chi connectivity index (χ2v) is 6.43. The van der Waals surface area contributed by atoms with Gasteiger partial charge >= 0.3 is 6.18 Å². The Bertz CT molecular complexity index is 871. The van der Waals surface area contributed by atoms with Crippen molar-refractivity contribution in [3.8, 4) is 0 Å². The highest BCUT2D eigenvalue weighted by atomic mass is 19.4. The number of morpholine rings is 1. The average Bonchev–Trinajstić information content (AvgIpc) is 2.98. The Morgan fingerprint density at radius 3 is 2.46 bits per heavy atom. The molecule has 26 heavy (non-hydrogen) atoms. The second-order valence-electron chi connectivity index (χ2n) is 6.43. The van der Waals surface area contributed by atoms with E-state index >= 15 is 0 Å². The largest absolute Gasteiger partial charge is 0.416 e. The van der Waals surface area contributed by atoms with Gasteiger partial charge in [0.15, 0.2) is 5.69 Å². The molecule has 2 heterocycles. The van der Waals surface area contributed by atoms with Gasteiger partial charge in [-0.2, -0.15) is 13.2 Å². The number of halogens is 3. The van der Waals surface area contributed by atoms with Crippen LogP contribution in [-0.4, -0.2) is 36.7 Å². The number of hydrogen-bond acceptors (Lipinski definition) is 3. The number of hydrogen-bond donors (Lipinski definition) is 1. The van der Waals surface area contributed by atoms with Gasteiger partial charge in [-0.05, 0) is 24.3 Å². The summed E-state index contributed by atoms with van der Waals surface area (Å²) >= 11 is 0. The van der Waals surface area contributed by atoms with E-state index in [0.29, 0.717) is 44.4 Å². The number of amidine groups is 1. The van der Waals surface area contributed by atoms with E-state index < -0.39 is 11.7 Å². The Balaban J connectivity index is 1.84. The Labute approximate surface area is 149 Å². The maximum atomic E-state index is 13.3. The highest BCUT2D eigenvalue weighted by Crippen LogP contribution is 2.38. The predicted octanol–water partition coefficient (Wildman–Crippen LogP) is 3.11. The van der Waals surface area contributed by atoms with Crippen molar-refractivity contribution in [1.82, 2.24) is 0 Å². The van der Waals surface area contributed by atoms with Gasteiger partial charge in [-0.3, -0.25) is 5.73 Å². The zero-order chi connectivity index (χ0) is 18.3. The molecule has 136 valence electrons. The molecular weight excluding hydrogens is 343 g/mol. The highest BCUT2D eigenvalue weighted by molar-refractivity contribution is 5.97. The predicted molar refractivity (Wildman–Crippen MR) is 92.8 cm³/mol. The molecule has 0 radical (unpaired) electrons. The minimum absolute atomic E-state index is 0.459. The van der Waals surface area contributed by atoms with Crippen LogP contribution in [0.15, 0.2) is 42.5 Å². The first-order chi connectivity index (χ1) is 12.4. The van der Waals surface area contributed by atoms with Crippen LogP contribution in [0.1, 0.15) is 16.7 Å². The Hall–Kier alpha value is -2.54. The number of benzene rings is 2. The van der Waals surface area contributed by atoms with Gasteiger partial charge in [0.2, 0.25) is 0 Å². The summed E-state index contributed by atoms with van der Waals surface area (Å²) in [6.07, 6.45) is -4.40. The van der Waals surface area contributed by atoms with E-state index in [9.17, 15) is 13.2 Å². The van der Waals surface area contributed by atoms with Crippen LogP contribution >= 0.6 is 0 Å². The van der Waals surface area contributed by atoms with Crippen LogP contribution in [0.3, 0.4) is 0 Å². The molecule has 2 aromatic carbocycles. The summed E-state index contributed by atoms with van der Waals surface area (Å²) in [6, 6.07) is 11.5. The van der Waals surface area contributed by atoms with Gasteiger partial charge in [-0.15, -0.1) is 0 Å². The Morgan fingerprint density at radius 2 is 1.77 bits per heavy atom. The van der Waals surface area contributed by atoms with Crippen molar-refractivity contribution in [2.24, 2.45) is 5.73 Å². The fraction of sp³-hybridized carbons (Fsp3) is 0.316. The molecule has 0 aliphatic carbocycles. The van der Waals surface area contributed by atoms with Crippen LogP contribution in [-0.2, 0) is 17.5 Å². The molecule has 0 aromatic heterocycles. The van der Waals surface area contributed by atoms with Crippen molar-refractivity contribution < 1.29 is 22.5 Å². The van der Waals surface area contributed by atoms with E-state index in [1.807, 2.05) is 24.3 Å². The lowest BCUT2D eigenvalue weighted by atomic mass is 10.1. The van der Waals surface area contributed by atoms with E-state index in [0.717, 1.165) is 22.9 Å². The van der Waals surface area contributed by atoms with Crippen molar-refractivity contribution in [2.45, 2.75) is 12.7 Å². The average molecular weight is 362 g/mol. The number of rotatable bonds is 2. The second kappa shape index (κ2) is 6.32. The number of nitrogens with zero attached hydrogens (tertiary/aromatic N) is 2. The van der Waals surface area contributed by atoms with E-state index in [-0.39, 0.29) is 0 Å². The number of alkyl halides is 3. The topological polar surface area (TPSA) is 41.5 Å². The molecule has 0 amide bonds. The molecule has 0 saturated carbocycles. The molecule has 2 aliphatic heterocycles. The molecule has 1 saturated heterocycles. The molecule has 1 fully saturated rings. The van der Waals surface area contributed by atoms with Gasteiger partial charge in [0.1, 0.15) is 6.54 Å². The van der Waals surface area contributed by atoms with Crippen LogP contribution < -0.4 is 10.6 Å². The summed E-state index contributed by atoms with van der Waals surface area (Å²) in [7, 11) is 0. The van der Waals surface area contributed by atoms with Crippen molar-refractivity contribution >= 4 is 17.2 Å². The molecule has 2 aromatic rings. The lowest BCUT2D eigenvalue weighted by molar-refractivity contribution is -0.452. The molecule has 0 bridgehead atoms. The van der Waals surface area contributed by atoms with Gasteiger partial charge in [-0.1, -0.05) is 18.2 Å². The van der Waals surface area contributed by atoms with Crippen molar-refractivity contribution in [3.63, 3.8) is 0 Å². The van der Waals surface area contributed by atoms with E-state index in [4.69, 9.17) is 10.5 Å². The molecule has 2 aliphatic rings. The zero-order valence-corrected chi connectivity index (χ0v) is 14.1.